The molecule has 284 valence electrons. The van der Waals surface area contributed by atoms with E-state index in [9.17, 15) is 19.2 Å². The predicted molar refractivity (Wildman–Crippen MR) is 220 cm³/mol. The van der Waals surface area contributed by atoms with Crippen LogP contribution in [0.15, 0.2) is 128 Å². The first-order chi connectivity index (χ1) is 27.1. The first kappa shape index (κ1) is 37.9. The molecule has 9 N–H and O–H groups in total. The zero-order valence-electron chi connectivity index (χ0n) is 30.4. The highest BCUT2D eigenvalue weighted by Gasteiger charge is 2.31. The van der Waals surface area contributed by atoms with Gasteiger partial charge in [0, 0.05) is 58.5 Å². The van der Waals surface area contributed by atoms with Crippen molar-refractivity contribution in [2.75, 3.05) is 0 Å². The molecule has 7 rings (SSSR count). The molecule has 7 aromatic rings. The minimum atomic E-state index is -1.16. The van der Waals surface area contributed by atoms with Crippen molar-refractivity contribution < 1.29 is 19.2 Å². The van der Waals surface area contributed by atoms with Crippen molar-refractivity contribution in [2.24, 2.45) is 11.5 Å². The van der Waals surface area contributed by atoms with Crippen molar-refractivity contribution in [3.05, 3.63) is 155 Å². The van der Waals surface area contributed by atoms with E-state index in [4.69, 9.17) is 23.1 Å². The second-order valence-electron chi connectivity index (χ2n) is 14.0. The Bertz CT molecular complexity index is 2530. The average Bonchev–Trinajstić information content (AvgIpc) is 3.81. The van der Waals surface area contributed by atoms with Gasteiger partial charge in [0.2, 0.25) is 23.6 Å². The average molecular weight is 768 g/mol. The van der Waals surface area contributed by atoms with Gasteiger partial charge in [-0.1, -0.05) is 103 Å². The Morgan fingerprint density at radius 1 is 0.554 bits per heavy atom. The van der Waals surface area contributed by atoms with E-state index in [1.54, 1.807) is 30.5 Å². The fourth-order valence-corrected chi connectivity index (χ4v) is 7.20. The van der Waals surface area contributed by atoms with E-state index < -0.39 is 47.8 Å². The van der Waals surface area contributed by atoms with Gasteiger partial charge in [-0.05, 0) is 63.7 Å². The van der Waals surface area contributed by atoms with Crippen LogP contribution in [0.3, 0.4) is 0 Å². The molecular weight excluding hydrogens is 726 g/mol. The number of H-pyrrole nitrogens is 2. The van der Waals surface area contributed by atoms with Crippen molar-refractivity contribution in [1.29, 1.82) is 0 Å². The van der Waals surface area contributed by atoms with Gasteiger partial charge >= 0.3 is 0 Å². The summed E-state index contributed by atoms with van der Waals surface area (Å²) in [6.45, 7) is 0. The number of rotatable bonds is 15. The third-order valence-corrected chi connectivity index (χ3v) is 10.3. The summed E-state index contributed by atoms with van der Waals surface area (Å²) in [4.78, 5) is 61.5. The summed E-state index contributed by atoms with van der Waals surface area (Å²) in [5.41, 5.74) is 17.2. The number of aromatic amines is 2. The molecule has 0 fully saturated rings. The maximum atomic E-state index is 14.4. The van der Waals surface area contributed by atoms with E-state index in [1.807, 2.05) is 97.2 Å². The summed E-state index contributed by atoms with van der Waals surface area (Å²) in [6, 6.07) is 31.6. The number of halogens is 1. The summed E-state index contributed by atoms with van der Waals surface area (Å²) in [5, 5.41) is 12.9. The van der Waals surface area contributed by atoms with Crippen LogP contribution in [-0.4, -0.2) is 57.8 Å². The normalized spacial score (nSPS) is 13.5. The highest BCUT2D eigenvalue weighted by molar-refractivity contribution is 6.30. The quantitative estimate of drug-likeness (QED) is 0.0773. The second-order valence-corrected chi connectivity index (χ2v) is 14.5. The van der Waals surface area contributed by atoms with Crippen LogP contribution in [0.25, 0.3) is 32.6 Å². The molecule has 0 aliphatic heterocycles. The van der Waals surface area contributed by atoms with Gasteiger partial charge in [0.25, 0.3) is 0 Å². The third-order valence-electron chi connectivity index (χ3n) is 10.1. The zero-order valence-corrected chi connectivity index (χ0v) is 31.2. The number of hydrogen-bond acceptors (Lipinski definition) is 5. The molecule has 11 nitrogen and oxygen atoms in total. The highest BCUT2D eigenvalue weighted by atomic mass is 35.5. The van der Waals surface area contributed by atoms with Crippen LogP contribution in [-0.2, 0) is 44.9 Å². The third kappa shape index (κ3) is 8.92. The standard InChI is InChI=1S/C44H42ClN7O4/c45-32-17-14-26(15-18-32)20-38(41(47)53)50-44(56)40(23-31-25-49-37-12-6-4-10-34(31)37)52-43(55)39(21-27-13-16-28-7-1-2-8-29(28)19-27)51-42(54)35(46)22-30-24-48-36-11-5-3-9-33(30)36/h1-19,24-25,35,38-40,48-49H,20-23,46H2,(H2,47,53)(H,50,56)(H,51,54)(H,52,55)/t35-,38+,39-,40+/m1/s1. The fourth-order valence-electron chi connectivity index (χ4n) is 7.07. The summed E-state index contributed by atoms with van der Waals surface area (Å²) >= 11 is 6.06. The van der Waals surface area contributed by atoms with Crippen LogP contribution in [0.1, 0.15) is 22.3 Å². The van der Waals surface area contributed by atoms with E-state index >= 15 is 0 Å². The Morgan fingerprint density at radius 3 is 1.70 bits per heavy atom. The number of benzene rings is 5. The van der Waals surface area contributed by atoms with Crippen molar-refractivity contribution in [2.45, 2.75) is 49.9 Å². The minimum Gasteiger partial charge on any atom is -0.368 e. The summed E-state index contributed by atoms with van der Waals surface area (Å²) < 4.78 is 0. The molecule has 56 heavy (non-hydrogen) atoms. The molecule has 2 aromatic heterocycles. The van der Waals surface area contributed by atoms with Crippen LogP contribution in [0.4, 0.5) is 0 Å². The topological polar surface area (TPSA) is 188 Å². The molecule has 0 saturated carbocycles. The molecular formula is C44H42ClN7O4. The molecule has 0 radical (unpaired) electrons. The van der Waals surface area contributed by atoms with Crippen LogP contribution in [0.2, 0.25) is 5.02 Å². The Hall–Kier alpha value is -6.43. The van der Waals surface area contributed by atoms with Crippen molar-refractivity contribution in [3.8, 4) is 0 Å². The lowest BCUT2D eigenvalue weighted by Gasteiger charge is -2.26. The van der Waals surface area contributed by atoms with Crippen LogP contribution >= 0.6 is 11.6 Å². The smallest absolute Gasteiger partial charge is 0.243 e. The summed E-state index contributed by atoms with van der Waals surface area (Å²) in [5.74, 6) is -2.48. The molecule has 0 unspecified atom stereocenters. The number of hydrogen-bond donors (Lipinski definition) is 7. The molecule has 4 amide bonds. The number of primary amides is 1. The Morgan fingerprint density at radius 2 is 1.05 bits per heavy atom. The zero-order chi connectivity index (χ0) is 39.2. The largest absolute Gasteiger partial charge is 0.368 e. The van der Waals surface area contributed by atoms with E-state index in [2.05, 4.69) is 25.9 Å². The Kier molecular flexibility index (Phi) is 11.4. The molecule has 0 aliphatic carbocycles. The maximum Gasteiger partial charge on any atom is 0.243 e. The van der Waals surface area contributed by atoms with Gasteiger partial charge in [-0.2, -0.15) is 0 Å². The summed E-state index contributed by atoms with van der Waals surface area (Å²) in [7, 11) is 0. The van der Waals surface area contributed by atoms with Crippen LogP contribution in [0, 0.1) is 0 Å². The molecule has 4 atom stereocenters. The maximum absolute atomic E-state index is 14.4. The van der Waals surface area contributed by atoms with Gasteiger partial charge in [0.15, 0.2) is 0 Å². The van der Waals surface area contributed by atoms with Crippen LogP contribution in [0.5, 0.6) is 0 Å². The van der Waals surface area contributed by atoms with E-state index in [0.29, 0.717) is 5.02 Å². The Balaban J connectivity index is 1.16. The lowest BCUT2D eigenvalue weighted by Crippen LogP contribution is -2.58. The second kappa shape index (κ2) is 16.9. The number of para-hydroxylation sites is 2. The first-order valence-corrected chi connectivity index (χ1v) is 18.8. The van der Waals surface area contributed by atoms with Crippen molar-refractivity contribution in [3.63, 3.8) is 0 Å². The summed E-state index contributed by atoms with van der Waals surface area (Å²) in [6.07, 6.45) is 4.15. The van der Waals surface area contributed by atoms with Gasteiger partial charge in [-0.3, -0.25) is 19.2 Å². The predicted octanol–water partition coefficient (Wildman–Crippen LogP) is 4.99. The lowest BCUT2D eigenvalue weighted by atomic mass is 9.99. The van der Waals surface area contributed by atoms with E-state index in [-0.39, 0.29) is 25.7 Å². The SMILES string of the molecule is NC(=O)[C@H](Cc1ccc(Cl)cc1)NC(=O)[C@H](Cc1c[nH]c2ccccc12)NC(=O)[C@@H](Cc1ccc2ccccc2c1)NC(=O)[C@H](N)Cc1c[nH]c2ccccc12. The number of aromatic nitrogens is 2. The molecule has 0 saturated heterocycles. The van der Waals surface area contributed by atoms with Gasteiger partial charge in [-0.25, -0.2) is 0 Å². The van der Waals surface area contributed by atoms with Gasteiger partial charge in [0.1, 0.15) is 18.1 Å². The molecule has 2 heterocycles. The van der Waals surface area contributed by atoms with E-state index in [0.717, 1.165) is 54.8 Å². The fraction of sp³-hybridized carbons (Fsp3) is 0.182. The molecule has 0 spiro atoms. The number of carbonyl (C=O) groups excluding carboxylic acids is 4. The van der Waals surface area contributed by atoms with E-state index in [1.165, 1.54) is 0 Å². The van der Waals surface area contributed by atoms with Crippen molar-refractivity contribution >= 4 is 67.8 Å². The highest BCUT2D eigenvalue weighted by Crippen LogP contribution is 2.22. The van der Waals surface area contributed by atoms with Crippen LogP contribution < -0.4 is 27.4 Å². The van der Waals surface area contributed by atoms with Gasteiger partial charge in [-0.15, -0.1) is 0 Å². The Labute approximate surface area is 328 Å². The molecule has 5 aromatic carbocycles. The first-order valence-electron chi connectivity index (χ1n) is 18.4. The van der Waals surface area contributed by atoms with Gasteiger partial charge < -0.3 is 37.4 Å². The number of fused-ring (bicyclic) bond motifs is 3. The minimum absolute atomic E-state index is 0.0741. The monoisotopic (exact) mass is 767 g/mol. The number of nitrogens with one attached hydrogen (secondary N) is 5. The number of carbonyl (C=O) groups is 4. The number of amides is 4. The molecule has 0 aliphatic rings. The molecule has 12 heteroatoms. The lowest BCUT2D eigenvalue weighted by molar-refractivity contribution is -0.133. The molecule has 0 bridgehead atoms. The van der Waals surface area contributed by atoms with Crippen molar-refractivity contribution in [1.82, 2.24) is 25.9 Å². The number of nitrogens with two attached hydrogens (primary N) is 2. The van der Waals surface area contributed by atoms with Gasteiger partial charge in [0.05, 0.1) is 6.04 Å².